The van der Waals surface area contributed by atoms with Crippen LogP contribution in [0.25, 0.3) is 10.8 Å². The SMILES string of the molecule is O=C(Nc1cc(C(=O)Nc2ccc(S(=O)(=O)O)c3cc(S(=O)(=O)O)cc(S(=O)(=O)O)c23)ccc1F)c1cccc([N+](=O)[O-])c1. The van der Waals surface area contributed by atoms with Gasteiger partial charge in [0, 0.05) is 34.0 Å². The quantitative estimate of drug-likeness (QED) is 0.103. The highest BCUT2D eigenvalue weighted by Gasteiger charge is 2.27. The number of amides is 2. The second kappa shape index (κ2) is 11.3. The molecule has 2 amide bonds. The van der Waals surface area contributed by atoms with Gasteiger partial charge in [-0.25, -0.2) is 4.39 Å². The fourth-order valence-corrected chi connectivity index (χ4v) is 6.03. The van der Waals surface area contributed by atoms with Gasteiger partial charge in [-0.05, 0) is 48.5 Å². The summed E-state index contributed by atoms with van der Waals surface area (Å²) in [5, 5.41) is 13.7. The Morgan fingerprint density at radius 3 is 1.86 bits per heavy atom. The van der Waals surface area contributed by atoms with E-state index in [-0.39, 0.29) is 17.2 Å². The molecule has 0 radical (unpaired) electrons. The number of non-ortho nitro benzene ring substituents is 1. The molecule has 230 valence electrons. The molecular formula is C24H16FN3O13S3. The van der Waals surface area contributed by atoms with Crippen LogP contribution >= 0.6 is 0 Å². The summed E-state index contributed by atoms with van der Waals surface area (Å²) < 4.78 is 115. The molecule has 16 nitrogen and oxygen atoms in total. The highest BCUT2D eigenvalue weighted by Crippen LogP contribution is 2.37. The van der Waals surface area contributed by atoms with Gasteiger partial charge in [-0.3, -0.25) is 33.4 Å². The third-order valence-electron chi connectivity index (χ3n) is 5.91. The second-order valence-electron chi connectivity index (χ2n) is 8.79. The van der Waals surface area contributed by atoms with Crippen molar-refractivity contribution in [2.75, 3.05) is 10.6 Å². The van der Waals surface area contributed by atoms with Crippen LogP contribution < -0.4 is 10.6 Å². The number of carbonyl (C=O) groups excluding carboxylic acids is 2. The molecule has 0 bridgehead atoms. The van der Waals surface area contributed by atoms with Crippen LogP contribution in [0, 0.1) is 15.9 Å². The summed E-state index contributed by atoms with van der Waals surface area (Å²) in [6.45, 7) is 0. The van der Waals surface area contributed by atoms with Crippen molar-refractivity contribution in [1.29, 1.82) is 0 Å². The van der Waals surface area contributed by atoms with E-state index in [1.165, 1.54) is 12.1 Å². The lowest BCUT2D eigenvalue weighted by molar-refractivity contribution is -0.384. The molecule has 0 aliphatic heterocycles. The lowest BCUT2D eigenvalue weighted by atomic mass is 10.1. The van der Waals surface area contributed by atoms with E-state index < -0.39 is 95.4 Å². The molecule has 0 saturated carbocycles. The van der Waals surface area contributed by atoms with Crippen LogP contribution in [-0.2, 0) is 30.4 Å². The topological polar surface area (TPSA) is 264 Å². The van der Waals surface area contributed by atoms with Crippen LogP contribution in [0.5, 0.6) is 0 Å². The molecule has 0 aliphatic carbocycles. The summed E-state index contributed by atoms with van der Waals surface area (Å²) in [6, 6.07) is 9.19. The highest BCUT2D eigenvalue weighted by molar-refractivity contribution is 7.87. The van der Waals surface area contributed by atoms with Gasteiger partial charge in [0.2, 0.25) is 0 Å². The Morgan fingerprint density at radius 1 is 0.705 bits per heavy atom. The van der Waals surface area contributed by atoms with E-state index in [1.54, 1.807) is 0 Å². The van der Waals surface area contributed by atoms with E-state index in [0.29, 0.717) is 12.1 Å². The fourth-order valence-electron chi connectivity index (χ4n) is 3.99. The minimum Gasteiger partial charge on any atom is -0.321 e. The largest absolute Gasteiger partial charge is 0.321 e. The monoisotopic (exact) mass is 669 g/mol. The zero-order valence-corrected chi connectivity index (χ0v) is 23.8. The summed E-state index contributed by atoms with van der Waals surface area (Å²) >= 11 is 0. The molecule has 0 aromatic heterocycles. The maximum absolute atomic E-state index is 14.5. The van der Waals surface area contributed by atoms with Crippen LogP contribution in [0.15, 0.2) is 81.4 Å². The second-order valence-corrected chi connectivity index (χ2v) is 13.0. The summed E-state index contributed by atoms with van der Waals surface area (Å²) in [6.07, 6.45) is 0. The molecule has 0 atom stereocenters. The van der Waals surface area contributed by atoms with E-state index >= 15 is 0 Å². The Bertz CT molecular complexity index is 2240. The van der Waals surface area contributed by atoms with E-state index in [2.05, 4.69) is 10.6 Å². The maximum atomic E-state index is 14.5. The van der Waals surface area contributed by atoms with Gasteiger partial charge in [-0.1, -0.05) is 6.07 Å². The molecule has 5 N–H and O–H groups in total. The number of anilines is 2. The number of fused-ring (bicyclic) bond motifs is 1. The molecule has 0 spiro atoms. The van der Waals surface area contributed by atoms with Crippen LogP contribution in [0.2, 0.25) is 0 Å². The number of halogens is 1. The van der Waals surface area contributed by atoms with Crippen LogP contribution in [0.3, 0.4) is 0 Å². The third kappa shape index (κ3) is 6.69. The summed E-state index contributed by atoms with van der Waals surface area (Å²) in [5.41, 5.74) is -2.14. The highest BCUT2D eigenvalue weighted by atomic mass is 32.2. The van der Waals surface area contributed by atoms with E-state index in [0.717, 1.165) is 36.4 Å². The Balaban J connectivity index is 1.80. The van der Waals surface area contributed by atoms with Gasteiger partial charge in [-0.2, -0.15) is 25.3 Å². The van der Waals surface area contributed by atoms with Gasteiger partial charge in [-0.15, -0.1) is 0 Å². The van der Waals surface area contributed by atoms with E-state index in [9.17, 15) is 63.0 Å². The van der Waals surface area contributed by atoms with Crippen molar-refractivity contribution in [2.45, 2.75) is 14.7 Å². The number of nitro groups is 1. The zero-order chi connectivity index (χ0) is 32.8. The third-order valence-corrected chi connectivity index (χ3v) is 8.53. The van der Waals surface area contributed by atoms with Gasteiger partial charge in [0.05, 0.1) is 21.2 Å². The van der Waals surface area contributed by atoms with Gasteiger partial charge >= 0.3 is 0 Å². The summed E-state index contributed by atoms with van der Waals surface area (Å²) in [5.74, 6) is -3.14. The number of hydrogen-bond acceptors (Lipinski definition) is 10. The van der Waals surface area contributed by atoms with Gasteiger partial charge in [0.15, 0.2) is 0 Å². The first kappa shape index (κ1) is 32.1. The zero-order valence-electron chi connectivity index (χ0n) is 21.3. The molecule has 20 heteroatoms. The van der Waals surface area contributed by atoms with Crippen LogP contribution in [-0.4, -0.2) is 55.6 Å². The molecule has 0 saturated heterocycles. The Hall–Kier alpha value is -4.86. The Labute approximate surface area is 246 Å². The minimum atomic E-state index is -5.40. The van der Waals surface area contributed by atoms with Gasteiger partial charge in [0.25, 0.3) is 47.9 Å². The van der Waals surface area contributed by atoms with Crippen molar-refractivity contribution in [3.8, 4) is 0 Å². The molecule has 4 rings (SSSR count). The number of carbonyl (C=O) groups is 2. The number of rotatable bonds is 8. The van der Waals surface area contributed by atoms with Crippen molar-refractivity contribution in [3.05, 3.63) is 93.8 Å². The molecule has 0 unspecified atom stereocenters. The average molecular weight is 670 g/mol. The number of nitrogens with zero attached hydrogens (tertiary/aromatic N) is 1. The maximum Gasteiger partial charge on any atom is 0.295 e. The fraction of sp³-hybridized carbons (Fsp3) is 0. The molecule has 0 aliphatic rings. The number of nitrogens with one attached hydrogen (secondary N) is 2. The van der Waals surface area contributed by atoms with Crippen LogP contribution in [0.1, 0.15) is 20.7 Å². The van der Waals surface area contributed by atoms with Crippen molar-refractivity contribution in [1.82, 2.24) is 0 Å². The molecule has 0 fully saturated rings. The van der Waals surface area contributed by atoms with Gasteiger partial charge in [0.1, 0.15) is 15.6 Å². The predicted molar refractivity (Wildman–Crippen MR) is 149 cm³/mol. The first-order valence-corrected chi connectivity index (χ1v) is 15.8. The predicted octanol–water partition coefficient (Wildman–Crippen LogP) is 3.13. The first-order valence-electron chi connectivity index (χ1n) is 11.5. The van der Waals surface area contributed by atoms with Crippen molar-refractivity contribution >= 4 is 70.0 Å². The van der Waals surface area contributed by atoms with Crippen molar-refractivity contribution < 1.29 is 57.8 Å². The Morgan fingerprint density at radius 2 is 1.30 bits per heavy atom. The van der Waals surface area contributed by atoms with Crippen molar-refractivity contribution in [3.63, 3.8) is 0 Å². The molecule has 4 aromatic rings. The molecular weight excluding hydrogens is 653 g/mol. The lowest BCUT2D eigenvalue weighted by Crippen LogP contribution is -2.16. The standard InChI is InChI=1S/C24H16FN3O13S3/c25-17-5-4-13(9-19(17)27-23(29)12-2-1-3-14(8-12)28(31)32)24(30)26-18-6-7-20(43(36,37)38)16-10-15(42(33,34)35)11-21(22(16)18)44(39,40)41/h1-11H,(H,26,30)(H,27,29)(H,33,34,35)(H,36,37,38)(H,39,40,41). The number of benzene rings is 4. The van der Waals surface area contributed by atoms with E-state index in [1.807, 2.05) is 0 Å². The normalized spacial score (nSPS) is 12.1. The van der Waals surface area contributed by atoms with Crippen LogP contribution in [0.4, 0.5) is 21.5 Å². The average Bonchev–Trinajstić information content (AvgIpc) is 2.92. The number of hydrogen-bond donors (Lipinski definition) is 5. The molecule has 44 heavy (non-hydrogen) atoms. The minimum absolute atomic E-state index is 0.221. The van der Waals surface area contributed by atoms with Crippen molar-refractivity contribution in [2.24, 2.45) is 0 Å². The Kier molecular flexibility index (Phi) is 8.26. The smallest absolute Gasteiger partial charge is 0.295 e. The van der Waals surface area contributed by atoms with E-state index in [4.69, 9.17) is 0 Å². The van der Waals surface area contributed by atoms with Gasteiger partial charge < -0.3 is 10.6 Å². The first-order chi connectivity index (χ1) is 20.3. The summed E-state index contributed by atoms with van der Waals surface area (Å²) in [7, 11) is -15.8. The lowest BCUT2D eigenvalue weighted by Gasteiger charge is -2.15. The molecule has 0 heterocycles. The molecule has 4 aromatic carbocycles. The summed E-state index contributed by atoms with van der Waals surface area (Å²) in [4.78, 5) is 32.4. The number of nitro benzene ring substituents is 1.